The number of rotatable bonds is 3. The number of fused-ring (bicyclic) bond motifs is 1. The van der Waals surface area contributed by atoms with Crippen LogP contribution >= 0.6 is 0 Å². The van der Waals surface area contributed by atoms with Gasteiger partial charge in [0.25, 0.3) is 5.91 Å². The van der Waals surface area contributed by atoms with Gasteiger partial charge in [-0.3, -0.25) is 4.79 Å². The fraction of sp³-hybridized carbons (Fsp3) is 0.158. The lowest BCUT2D eigenvalue weighted by Gasteiger charge is -2.07. The summed E-state index contributed by atoms with van der Waals surface area (Å²) in [5, 5.41) is 15.5. The molecule has 4 rings (SSSR count). The molecule has 7 nitrogen and oxygen atoms in total. The molecule has 0 aliphatic rings. The molecule has 7 heteroatoms. The molecule has 0 spiro atoms. The minimum absolute atomic E-state index is 0.154. The van der Waals surface area contributed by atoms with Crippen LogP contribution in [0.5, 0.6) is 0 Å². The number of amides is 1. The Morgan fingerprint density at radius 3 is 2.77 bits per heavy atom. The third-order valence-corrected chi connectivity index (χ3v) is 4.57. The molecule has 0 unspecified atom stereocenters. The SMILES string of the molecule is Cc1[nH]c2ccc(C(=O)Nc3cccc(-c4nnnn4C)c3)cc2c1C. The predicted molar refractivity (Wildman–Crippen MR) is 100.0 cm³/mol. The van der Waals surface area contributed by atoms with Crippen molar-refractivity contribution in [1.29, 1.82) is 0 Å². The average Bonchev–Trinajstić information content (AvgIpc) is 3.18. The molecule has 0 radical (unpaired) electrons. The molecule has 0 atom stereocenters. The second kappa shape index (κ2) is 6.11. The van der Waals surface area contributed by atoms with Crippen molar-refractivity contribution in [2.75, 3.05) is 5.32 Å². The maximum Gasteiger partial charge on any atom is 0.255 e. The van der Waals surface area contributed by atoms with Gasteiger partial charge in [-0.2, -0.15) is 0 Å². The van der Waals surface area contributed by atoms with Crippen molar-refractivity contribution < 1.29 is 4.79 Å². The monoisotopic (exact) mass is 346 g/mol. The molecule has 2 aromatic heterocycles. The van der Waals surface area contributed by atoms with Gasteiger partial charge in [0, 0.05) is 40.5 Å². The highest BCUT2D eigenvalue weighted by molar-refractivity contribution is 6.06. The van der Waals surface area contributed by atoms with Crippen LogP contribution in [0.4, 0.5) is 5.69 Å². The third kappa shape index (κ3) is 2.73. The number of tetrazole rings is 1. The Balaban J connectivity index is 1.62. The highest BCUT2D eigenvalue weighted by Crippen LogP contribution is 2.24. The number of nitrogens with zero attached hydrogens (tertiary/aromatic N) is 4. The predicted octanol–water partition coefficient (Wildman–Crippen LogP) is 3.23. The Bertz CT molecular complexity index is 1120. The smallest absolute Gasteiger partial charge is 0.255 e. The molecule has 0 aliphatic heterocycles. The summed E-state index contributed by atoms with van der Waals surface area (Å²) in [6.45, 7) is 4.08. The van der Waals surface area contributed by atoms with Gasteiger partial charge in [-0.05, 0) is 60.2 Å². The maximum atomic E-state index is 12.7. The van der Waals surface area contributed by atoms with Gasteiger partial charge in [-0.1, -0.05) is 12.1 Å². The summed E-state index contributed by atoms with van der Waals surface area (Å²) in [5.41, 5.74) is 5.45. The normalized spacial score (nSPS) is 11.0. The number of anilines is 1. The lowest BCUT2D eigenvalue weighted by Crippen LogP contribution is -2.11. The quantitative estimate of drug-likeness (QED) is 0.596. The average molecular weight is 346 g/mol. The summed E-state index contributed by atoms with van der Waals surface area (Å²) >= 11 is 0. The summed E-state index contributed by atoms with van der Waals surface area (Å²) in [5.74, 6) is 0.485. The minimum Gasteiger partial charge on any atom is -0.358 e. The molecule has 4 aromatic rings. The van der Waals surface area contributed by atoms with Gasteiger partial charge in [0.15, 0.2) is 5.82 Å². The van der Waals surface area contributed by atoms with Crippen LogP contribution in [0.3, 0.4) is 0 Å². The molecule has 0 saturated heterocycles. The number of aromatic amines is 1. The van der Waals surface area contributed by atoms with E-state index in [2.05, 4.69) is 25.8 Å². The molecule has 0 saturated carbocycles. The number of carbonyl (C=O) groups excluding carboxylic acids is 1. The van der Waals surface area contributed by atoms with E-state index < -0.39 is 0 Å². The third-order valence-electron chi connectivity index (χ3n) is 4.57. The zero-order chi connectivity index (χ0) is 18.3. The van der Waals surface area contributed by atoms with E-state index in [1.165, 1.54) is 0 Å². The molecule has 1 amide bonds. The van der Waals surface area contributed by atoms with Crippen LogP contribution in [0, 0.1) is 13.8 Å². The maximum absolute atomic E-state index is 12.7. The van der Waals surface area contributed by atoms with Crippen molar-refractivity contribution in [3.8, 4) is 11.4 Å². The molecule has 0 bridgehead atoms. The van der Waals surface area contributed by atoms with E-state index in [4.69, 9.17) is 0 Å². The van der Waals surface area contributed by atoms with Crippen LogP contribution in [-0.4, -0.2) is 31.1 Å². The zero-order valence-electron chi connectivity index (χ0n) is 14.7. The Hall–Kier alpha value is -3.48. The first-order valence-corrected chi connectivity index (χ1v) is 8.26. The van der Waals surface area contributed by atoms with Crippen LogP contribution < -0.4 is 5.32 Å². The number of nitrogens with one attached hydrogen (secondary N) is 2. The number of benzene rings is 2. The van der Waals surface area contributed by atoms with Crippen LogP contribution in [0.15, 0.2) is 42.5 Å². The summed E-state index contributed by atoms with van der Waals surface area (Å²) in [6, 6.07) is 13.1. The van der Waals surface area contributed by atoms with E-state index in [9.17, 15) is 4.79 Å². The second-order valence-electron chi connectivity index (χ2n) is 6.30. The molecule has 0 fully saturated rings. The Morgan fingerprint density at radius 2 is 2.00 bits per heavy atom. The first-order chi connectivity index (χ1) is 12.5. The Morgan fingerprint density at radius 1 is 1.15 bits per heavy atom. The molecule has 2 N–H and O–H groups in total. The van der Waals surface area contributed by atoms with Crippen LogP contribution in [-0.2, 0) is 7.05 Å². The van der Waals surface area contributed by atoms with E-state index >= 15 is 0 Å². The topological polar surface area (TPSA) is 88.5 Å². The largest absolute Gasteiger partial charge is 0.358 e. The molecular weight excluding hydrogens is 328 g/mol. The molecule has 2 aromatic carbocycles. The minimum atomic E-state index is -0.154. The fourth-order valence-corrected chi connectivity index (χ4v) is 3.02. The molecule has 0 aliphatic carbocycles. The van der Waals surface area contributed by atoms with Crippen molar-refractivity contribution in [1.82, 2.24) is 25.2 Å². The Kier molecular flexibility index (Phi) is 3.76. The first-order valence-electron chi connectivity index (χ1n) is 8.26. The lowest BCUT2D eigenvalue weighted by molar-refractivity contribution is 0.102. The van der Waals surface area contributed by atoms with Gasteiger partial charge >= 0.3 is 0 Å². The molecule has 26 heavy (non-hydrogen) atoms. The standard InChI is InChI=1S/C19H18N6O/c1-11-12(2)20-17-8-7-14(10-16(11)17)19(26)21-15-6-4-5-13(9-15)18-22-23-24-25(18)3/h4-10,20H,1-3H3,(H,21,26). The second-order valence-corrected chi connectivity index (χ2v) is 6.30. The van der Waals surface area contributed by atoms with Crippen molar-refractivity contribution in [2.24, 2.45) is 7.05 Å². The van der Waals surface area contributed by atoms with Gasteiger partial charge in [0.05, 0.1) is 0 Å². The lowest BCUT2D eigenvalue weighted by atomic mass is 10.1. The van der Waals surface area contributed by atoms with Gasteiger partial charge < -0.3 is 10.3 Å². The van der Waals surface area contributed by atoms with Crippen LogP contribution in [0.2, 0.25) is 0 Å². The number of carbonyl (C=O) groups is 1. The van der Waals surface area contributed by atoms with Gasteiger partial charge in [0.2, 0.25) is 0 Å². The Labute approximate surface area is 150 Å². The number of hydrogen-bond acceptors (Lipinski definition) is 4. The molecular formula is C19H18N6O. The summed E-state index contributed by atoms with van der Waals surface area (Å²) in [6.07, 6.45) is 0. The van der Waals surface area contributed by atoms with E-state index in [0.717, 1.165) is 27.7 Å². The summed E-state index contributed by atoms with van der Waals surface area (Å²) < 4.78 is 1.59. The zero-order valence-corrected chi connectivity index (χ0v) is 14.7. The summed E-state index contributed by atoms with van der Waals surface area (Å²) in [7, 11) is 1.77. The van der Waals surface area contributed by atoms with E-state index in [0.29, 0.717) is 17.1 Å². The number of aromatic nitrogens is 5. The van der Waals surface area contributed by atoms with Crippen molar-refractivity contribution in [2.45, 2.75) is 13.8 Å². The van der Waals surface area contributed by atoms with Gasteiger partial charge in [-0.15, -0.1) is 5.10 Å². The highest BCUT2D eigenvalue weighted by Gasteiger charge is 2.12. The molecule has 130 valence electrons. The number of aryl methyl sites for hydroxylation is 3. The van der Waals surface area contributed by atoms with Crippen LogP contribution in [0.25, 0.3) is 22.3 Å². The van der Waals surface area contributed by atoms with Crippen molar-refractivity contribution in [3.63, 3.8) is 0 Å². The number of hydrogen-bond donors (Lipinski definition) is 2. The van der Waals surface area contributed by atoms with E-state index in [1.54, 1.807) is 11.7 Å². The van der Waals surface area contributed by atoms with Crippen LogP contribution in [0.1, 0.15) is 21.6 Å². The van der Waals surface area contributed by atoms with Gasteiger partial charge in [-0.25, -0.2) is 4.68 Å². The van der Waals surface area contributed by atoms with E-state index in [-0.39, 0.29) is 5.91 Å². The first kappa shape index (κ1) is 16.0. The number of H-pyrrole nitrogens is 1. The van der Waals surface area contributed by atoms with E-state index in [1.807, 2.05) is 56.3 Å². The fourth-order valence-electron chi connectivity index (χ4n) is 3.02. The summed E-state index contributed by atoms with van der Waals surface area (Å²) in [4.78, 5) is 16.0. The van der Waals surface area contributed by atoms with Crippen molar-refractivity contribution in [3.05, 3.63) is 59.3 Å². The van der Waals surface area contributed by atoms with Gasteiger partial charge in [0.1, 0.15) is 0 Å². The molecule has 2 heterocycles. The van der Waals surface area contributed by atoms with Crippen molar-refractivity contribution >= 4 is 22.5 Å². The highest BCUT2D eigenvalue weighted by atomic mass is 16.1.